The summed E-state index contributed by atoms with van der Waals surface area (Å²) in [6.07, 6.45) is 1.20. The van der Waals surface area contributed by atoms with Crippen molar-refractivity contribution in [2.75, 3.05) is 5.73 Å². The van der Waals surface area contributed by atoms with Gasteiger partial charge in [0.1, 0.15) is 6.61 Å². The van der Waals surface area contributed by atoms with E-state index in [4.69, 9.17) is 27.2 Å². The standard InChI is InChI=1S/C13H11ClN2O3/c14-10-3-1-8(2-4-10)7-19-12-11(15)5-9(6-16-12)13(17)18/h1-6H,7,15H2,(H,17,18). The molecule has 0 saturated heterocycles. The number of rotatable bonds is 4. The van der Waals surface area contributed by atoms with Gasteiger partial charge in [0.05, 0.1) is 11.3 Å². The molecule has 0 spiro atoms. The number of aromatic nitrogens is 1. The number of benzene rings is 1. The maximum absolute atomic E-state index is 10.7. The van der Waals surface area contributed by atoms with E-state index >= 15 is 0 Å². The fourth-order valence-corrected chi connectivity index (χ4v) is 1.57. The Bertz CT molecular complexity index is 599. The first-order valence-electron chi connectivity index (χ1n) is 5.42. The Hall–Kier alpha value is -2.27. The lowest BCUT2D eigenvalue weighted by atomic mass is 10.2. The molecular formula is C13H11ClN2O3. The third-order valence-electron chi connectivity index (χ3n) is 2.41. The number of hydrogen-bond acceptors (Lipinski definition) is 4. The molecule has 2 rings (SSSR count). The summed E-state index contributed by atoms with van der Waals surface area (Å²) in [5, 5.41) is 9.43. The number of carbonyl (C=O) groups is 1. The van der Waals surface area contributed by atoms with Crippen LogP contribution in [-0.2, 0) is 6.61 Å². The summed E-state index contributed by atoms with van der Waals surface area (Å²) in [4.78, 5) is 14.6. The number of pyridine rings is 1. The van der Waals surface area contributed by atoms with E-state index in [-0.39, 0.29) is 23.7 Å². The van der Waals surface area contributed by atoms with E-state index < -0.39 is 5.97 Å². The maximum Gasteiger partial charge on any atom is 0.337 e. The molecule has 1 aromatic heterocycles. The van der Waals surface area contributed by atoms with Crippen LogP contribution in [0, 0.1) is 0 Å². The average Bonchev–Trinajstić information content (AvgIpc) is 2.39. The number of nitrogens with zero attached hydrogens (tertiary/aromatic N) is 1. The van der Waals surface area contributed by atoms with Gasteiger partial charge in [-0.05, 0) is 23.8 Å². The number of halogens is 1. The Labute approximate surface area is 114 Å². The van der Waals surface area contributed by atoms with Crippen molar-refractivity contribution < 1.29 is 14.6 Å². The summed E-state index contributed by atoms with van der Waals surface area (Å²) in [5.74, 6) is -0.872. The van der Waals surface area contributed by atoms with Crippen molar-refractivity contribution in [3.8, 4) is 5.88 Å². The van der Waals surface area contributed by atoms with Gasteiger partial charge in [-0.1, -0.05) is 23.7 Å². The van der Waals surface area contributed by atoms with Gasteiger partial charge in [0.25, 0.3) is 0 Å². The van der Waals surface area contributed by atoms with Crippen LogP contribution >= 0.6 is 11.6 Å². The highest BCUT2D eigenvalue weighted by molar-refractivity contribution is 6.30. The minimum atomic E-state index is -1.08. The second-order valence-electron chi connectivity index (χ2n) is 3.84. The average molecular weight is 279 g/mol. The molecular weight excluding hydrogens is 268 g/mol. The largest absolute Gasteiger partial charge is 0.478 e. The molecule has 0 saturated carbocycles. The number of carboxylic acid groups (broad SMARTS) is 1. The van der Waals surface area contributed by atoms with E-state index in [1.807, 2.05) is 12.1 Å². The number of aromatic carboxylic acids is 1. The summed E-state index contributed by atoms with van der Waals surface area (Å²) in [5.41, 5.74) is 6.80. The number of hydrogen-bond donors (Lipinski definition) is 2. The van der Waals surface area contributed by atoms with Gasteiger partial charge in [0.15, 0.2) is 0 Å². The van der Waals surface area contributed by atoms with Crippen LogP contribution in [0.1, 0.15) is 15.9 Å². The SMILES string of the molecule is Nc1cc(C(=O)O)cnc1OCc1ccc(Cl)cc1. The fraction of sp³-hybridized carbons (Fsp3) is 0.0769. The van der Waals surface area contributed by atoms with E-state index in [1.165, 1.54) is 12.3 Å². The van der Waals surface area contributed by atoms with Gasteiger partial charge < -0.3 is 15.6 Å². The smallest absolute Gasteiger partial charge is 0.337 e. The number of ether oxygens (including phenoxy) is 1. The topological polar surface area (TPSA) is 85.4 Å². The maximum atomic E-state index is 10.7. The summed E-state index contributed by atoms with van der Waals surface area (Å²) in [6.45, 7) is 0.279. The Kier molecular flexibility index (Phi) is 3.87. The van der Waals surface area contributed by atoms with Crippen LogP contribution in [0.15, 0.2) is 36.5 Å². The van der Waals surface area contributed by atoms with Crippen LogP contribution in [0.5, 0.6) is 5.88 Å². The molecule has 0 bridgehead atoms. The highest BCUT2D eigenvalue weighted by Gasteiger charge is 2.08. The molecule has 0 aliphatic rings. The lowest BCUT2D eigenvalue weighted by molar-refractivity contribution is 0.0696. The van der Waals surface area contributed by atoms with Crippen molar-refractivity contribution in [1.82, 2.24) is 4.98 Å². The fourth-order valence-electron chi connectivity index (χ4n) is 1.44. The van der Waals surface area contributed by atoms with E-state index in [0.717, 1.165) is 5.56 Å². The van der Waals surface area contributed by atoms with E-state index in [1.54, 1.807) is 12.1 Å². The molecule has 0 atom stereocenters. The van der Waals surface area contributed by atoms with Crippen LogP contribution in [-0.4, -0.2) is 16.1 Å². The molecule has 0 aliphatic heterocycles. The molecule has 19 heavy (non-hydrogen) atoms. The molecule has 3 N–H and O–H groups in total. The van der Waals surface area contributed by atoms with Gasteiger partial charge in [-0.3, -0.25) is 0 Å². The van der Waals surface area contributed by atoms with Crippen molar-refractivity contribution in [3.63, 3.8) is 0 Å². The molecule has 1 aromatic carbocycles. The van der Waals surface area contributed by atoms with E-state index in [9.17, 15) is 4.79 Å². The first-order chi connectivity index (χ1) is 9.06. The Morgan fingerprint density at radius 2 is 2.05 bits per heavy atom. The number of anilines is 1. The van der Waals surface area contributed by atoms with Crippen LogP contribution in [0.3, 0.4) is 0 Å². The quantitative estimate of drug-likeness (QED) is 0.898. The van der Waals surface area contributed by atoms with Crippen LogP contribution < -0.4 is 10.5 Å². The first kappa shape index (κ1) is 13.2. The van der Waals surface area contributed by atoms with Crippen LogP contribution in [0.2, 0.25) is 5.02 Å². The predicted octanol–water partition coefficient (Wildman–Crippen LogP) is 2.59. The zero-order valence-electron chi connectivity index (χ0n) is 9.84. The second kappa shape index (κ2) is 5.58. The van der Waals surface area contributed by atoms with E-state index in [0.29, 0.717) is 5.02 Å². The second-order valence-corrected chi connectivity index (χ2v) is 4.28. The highest BCUT2D eigenvalue weighted by atomic mass is 35.5. The van der Waals surface area contributed by atoms with E-state index in [2.05, 4.69) is 4.98 Å². The highest BCUT2D eigenvalue weighted by Crippen LogP contribution is 2.20. The van der Waals surface area contributed by atoms with Crippen molar-refractivity contribution in [2.24, 2.45) is 0 Å². The van der Waals surface area contributed by atoms with Crippen LogP contribution in [0.4, 0.5) is 5.69 Å². The number of carboxylic acids is 1. The Balaban J connectivity index is 2.07. The first-order valence-corrected chi connectivity index (χ1v) is 5.80. The van der Waals surface area contributed by atoms with Gasteiger partial charge in [0.2, 0.25) is 5.88 Å². The molecule has 0 fully saturated rings. The lowest BCUT2D eigenvalue weighted by Crippen LogP contribution is -2.04. The molecule has 0 unspecified atom stereocenters. The molecule has 98 valence electrons. The minimum absolute atomic E-state index is 0.0244. The third-order valence-corrected chi connectivity index (χ3v) is 2.67. The molecule has 6 heteroatoms. The molecule has 2 aromatic rings. The monoisotopic (exact) mass is 278 g/mol. The number of nitrogen functional groups attached to an aromatic ring is 1. The molecule has 1 heterocycles. The summed E-state index contributed by atoms with van der Waals surface area (Å²) >= 11 is 5.77. The lowest BCUT2D eigenvalue weighted by Gasteiger charge is -2.08. The molecule has 0 radical (unpaired) electrons. The zero-order chi connectivity index (χ0) is 13.8. The predicted molar refractivity (Wildman–Crippen MR) is 71.4 cm³/mol. The Morgan fingerprint density at radius 3 is 2.63 bits per heavy atom. The number of nitrogens with two attached hydrogens (primary N) is 1. The molecule has 0 aliphatic carbocycles. The van der Waals surface area contributed by atoms with Gasteiger partial charge in [0, 0.05) is 11.2 Å². The van der Waals surface area contributed by atoms with Crippen LogP contribution in [0.25, 0.3) is 0 Å². The summed E-state index contributed by atoms with van der Waals surface area (Å²) in [6, 6.07) is 8.47. The molecule has 5 nitrogen and oxygen atoms in total. The van der Waals surface area contributed by atoms with Gasteiger partial charge in [-0.15, -0.1) is 0 Å². The normalized spacial score (nSPS) is 10.2. The zero-order valence-corrected chi connectivity index (χ0v) is 10.6. The van der Waals surface area contributed by atoms with Gasteiger partial charge in [-0.25, -0.2) is 9.78 Å². The van der Waals surface area contributed by atoms with Crippen molar-refractivity contribution in [3.05, 3.63) is 52.7 Å². The van der Waals surface area contributed by atoms with Crippen molar-refractivity contribution >= 4 is 23.3 Å². The minimum Gasteiger partial charge on any atom is -0.478 e. The van der Waals surface area contributed by atoms with Crippen molar-refractivity contribution in [2.45, 2.75) is 6.61 Å². The Morgan fingerprint density at radius 1 is 1.37 bits per heavy atom. The summed E-state index contributed by atoms with van der Waals surface area (Å²) in [7, 11) is 0. The van der Waals surface area contributed by atoms with Gasteiger partial charge in [-0.2, -0.15) is 0 Å². The summed E-state index contributed by atoms with van der Waals surface area (Å²) < 4.78 is 5.43. The van der Waals surface area contributed by atoms with Crippen molar-refractivity contribution in [1.29, 1.82) is 0 Å². The van der Waals surface area contributed by atoms with Gasteiger partial charge >= 0.3 is 5.97 Å². The third kappa shape index (κ3) is 3.35. The molecule has 0 amide bonds.